The van der Waals surface area contributed by atoms with Gasteiger partial charge in [0, 0.05) is 28.9 Å². The van der Waals surface area contributed by atoms with Crippen LogP contribution in [-0.4, -0.2) is 27.9 Å². The summed E-state index contributed by atoms with van der Waals surface area (Å²) in [6.07, 6.45) is 5.47. The fraction of sp³-hybridized carbons (Fsp3) is 0.348. The van der Waals surface area contributed by atoms with Crippen LogP contribution in [0.15, 0.2) is 42.6 Å². The molecule has 1 saturated heterocycles. The standard InChI is InChI=1S/C23H26N4/c1-3-17-19-13-16(15-9-11-24-12-10-15)7-8-21(19)26-23(17)18-5-4-6-22-20(18)14-25-27(22)2/h4-8,13-15,24,26H,3,9-12H2,1-2H3. The van der Waals surface area contributed by atoms with E-state index >= 15 is 0 Å². The van der Waals surface area contributed by atoms with Crippen LogP contribution in [-0.2, 0) is 13.5 Å². The number of piperidine rings is 1. The van der Waals surface area contributed by atoms with E-state index < -0.39 is 0 Å². The number of hydrogen-bond acceptors (Lipinski definition) is 2. The molecule has 0 bridgehead atoms. The summed E-state index contributed by atoms with van der Waals surface area (Å²) in [5, 5.41) is 10.5. The van der Waals surface area contributed by atoms with Gasteiger partial charge in [-0.2, -0.15) is 5.10 Å². The third kappa shape index (κ3) is 2.67. The Hall–Kier alpha value is -2.59. The van der Waals surface area contributed by atoms with Gasteiger partial charge in [-0.3, -0.25) is 4.68 Å². The average molecular weight is 358 g/mol. The van der Waals surface area contributed by atoms with Crippen molar-refractivity contribution in [2.24, 2.45) is 7.05 Å². The Kier molecular flexibility index (Phi) is 4.01. The third-order valence-electron chi connectivity index (χ3n) is 6.16. The summed E-state index contributed by atoms with van der Waals surface area (Å²) in [5.74, 6) is 0.681. The molecule has 138 valence electrons. The van der Waals surface area contributed by atoms with Gasteiger partial charge in [-0.1, -0.05) is 25.1 Å². The lowest BCUT2D eigenvalue weighted by Crippen LogP contribution is -2.26. The molecule has 4 nitrogen and oxygen atoms in total. The molecule has 0 radical (unpaired) electrons. The zero-order valence-corrected chi connectivity index (χ0v) is 16.0. The summed E-state index contributed by atoms with van der Waals surface area (Å²) in [6, 6.07) is 13.5. The molecule has 0 spiro atoms. The van der Waals surface area contributed by atoms with Gasteiger partial charge in [0.1, 0.15) is 0 Å². The first-order chi connectivity index (χ1) is 13.3. The number of fused-ring (bicyclic) bond motifs is 2. The second-order valence-electron chi connectivity index (χ2n) is 7.67. The van der Waals surface area contributed by atoms with Crippen molar-refractivity contribution in [3.63, 3.8) is 0 Å². The minimum absolute atomic E-state index is 0.681. The molecule has 1 fully saturated rings. The number of benzene rings is 2. The minimum atomic E-state index is 0.681. The highest BCUT2D eigenvalue weighted by atomic mass is 15.2. The summed E-state index contributed by atoms with van der Waals surface area (Å²) in [4.78, 5) is 3.71. The lowest BCUT2D eigenvalue weighted by molar-refractivity contribution is 0.460. The SMILES string of the molecule is CCc1c(-c2cccc3c2cnn3C)[nH]c2ccc(C3CCNCC3)cc12. The molecule has 0 amide bonds. The third-order valence-corrected chi connectivity index (χ3v) is 6.16. The molecule has 4 heteroatoms. The van der Waals surface area contributed by atoms with Gasteiger partial charge >= 0.3 is 0 Å². The van der Waals surface area contributed by atoms with Crippen molar-refractivity contribution in [2.75, 3.05) is 13.1 Å². The van der Waals surface area contributed by atoms with Crippen molar-refractivity contribution >= 4 is 21.8 Å². The summed E-state index contributed by atoms with van der Waals surface area (Å²) < 4.78 is 1.95. The van der Waals surface area contributed by atoms with Gasteiger partial charge in [-0.15, -0.1) is 0 Å². The van der Waals surface area contributed by atoms with Crippen LogP contribution in [0.3, 0.4) is 0 Å². The first kappa shape index (κ1) is 16.6. The fourth-order valence-electron chi connectivity index (χ4n) is 4.67. The minimum Gasteiger partial charge on any atom is -0.354 e. The van der Waals surface area contributed by atoms with E-state index in [1.807, 2.05) is 17.9 Å². The van der Waals surface area contributed by atoms with Gasteiger partial charge in [0.2, 0.25) is 0 Å². The summed E-state index contributed by atoms with van der Waals surface area (Å²) >= 11 is 0. The van der Waals surface area contributed by atoms with E-state index in [2.05, 4.69) is 58.7 Å². The largest absolute Gasteiger partial charge is 0.354 e. The van der Waals surface area contributed by atoms with Gasteiger partial charge in [-0.05, 0) is 67.6 Å². The number of aryl methyl sites for hydroxylation is 2. The van der Waals surface area contributed by atoms with E-state index in [1.54, 1.807) is 0 Å². The van der Waals surface area contributed by atoms with Gasteiger partial charge in [0.05, 0.1) is 17.4 Å². The first-order valence-electron chi connectivity index (χ1n) is 10.0. The van der Waals surface area contributed by atoms with Crippen LogP contribution in [0.25, 0.3) is 33.1 Å². The Morgan fingerprint density at radius 2 is 1.96 bits per heavy atom. The Morgan fingerprint density at radius 3 is 2.78 bits per heavy atom. The van der Waals surface area contributed by atoms with Crippen LogP contribution in [0.2, 0.25) is 0 Å². The molecule has 2 N–H and O–H groups in total. The monoisotopic (exact) mass is 358 g/mol. The molecule has 27 heavy (non-hydrogen) atoms. The quantitative estimate of drug-likeness (QED) is 0.555. The Balaban J connectivity index is 1.68. The molecule has 1 aliphatic rings. The van der Waals surface area contributed by atoms with Gasteiger partial charge in [0.25, 0.3) is 0 Å². The molecule has 0 atom stereocenters. The maximum Gasteiger partial charge on any atom is 0.0685 e. The summed E-state index contributed by atoms with van der Waals surface area (Å²) in [7, 11) is 2.00. The van der Waals surface area contributed by atoms with Crippen molar-refractivity contribution in [2.45, 2.75) is 32.1 Å². The second-order valence-corrected chi connectivity index (χ2v) is 7.67. The molecule has 2 aromatic carbocycles. The zero-order valence-electron chi connectivity index (χ0n) is 16.0. The predicted octanol–water partition coefficient (Wildman–Crippen LogP) is 4.75. The molecule has 2 aromatic heterocycles. The second kappa shape index (κ2) is 6.54. The smallest absolute Gasteiger partial charge is 0.0685 e. The van der Waals surface area contributed by atoms with Crippen LogP contribution >= 0.6 is 0 Å². The number of aromatic nitrogens is 3. The van der Waals surface area contributed by atoms with E-state index in [4.69, 9.17) is 0 Å². The molecule has 0 unspecified atom stereocenters. The topological polar surface area (TPSA) is 45.6 Å². The van der Waals surface area contributed by atoms with Crippen molar-refractivity contribution in [1.82, 2.24) is 20.1 Å². The van der Waals surface area contributed by atoms with Crippen LogP contribution in [0.4, 0.5) is 0 Å². The van der Waals surface area contributed by atoms with Crippen molar-refractivity contribution in [3.05, 3.63) is 53.7 Å². The molecule has 0 aliphatic carbocycles. The van der Waals surface area contributed by atoms with Crippen LogP contribution < -0.4 is 5.32 Å². The van der Waals surface area contributed by atoms with Crippen molar-refractivity contribution in [1.29, 1.82) is 0 Å². The van der Waals surface area contributed by atoms with E-state index in [-0.39, 0.29) is 0 Å². The first-order valence-corrected chi connectivity index (χ1v) is 10.0. The van der Waals surface area contributed by atoms with Crippen LogP contribution in [0.1, 0.15) is 36.8 Å². The highest BCUT2D eigenvalue weighted by Crippen LogP contribution is 2.36. The van der Waals surface area contributed by atoms with E-state index in [9.17, 15) is 0 Å². The van der Waals surface area contributed by atoms with E-state index in [0.717, 1.165) is 19.5 Å². The zero-order chi connectivity index (χ0) is 18.4. The van der Waals surface area contributed by atoms with Crippen molar-refractivity contribution < 1.29 is 0 Å². The van der Waals surface area contributed by atoms with Gasteiger partial charge in [-0.25, -0.2) is 0 Å². The molecule has 0 saturated carbocycles. The Bertz CT molecular complexity index is 1110. The van der Waals surface area contributed by atoms with Crippen LogP contribution in [0.5, 0.6) is 0 Å². The average Bonchev–Trinajstić information content (AvgIpc) is 3.28. The Labute approximate surface area is 159 Å². The van der Waals surface area contributed by atoms with Crippen molar-refractivity contribution in [3.8, 4) is 11.3 Å². The normalized spacial score (nSPS) is 15.8. The number of H-pyrrole nitrogens is 1. The highest BCUT2D eigenvalue weighted by molar-refractivity contribution is 5.99. The number of hydrogen-bond donors (Lipinski definition) is 2. The maximum absolute atomic E-state index is 4.46. The molecule has 5 rings (SSSR count). The summed E-state index contributed by atoms with van der Waals surface area (Å²) in [5.41, 5.74) is 7.80. The van der Waals surface area contributed by atoms with E-state index in [1.165, 1.54) is 57.0 Å². The molecule has 1 aliphatic heterocycles. The lowest BCUT2D eigenvalue weighted by Gasteiger charge is -2.23. The van der Waals surface area contributed by atoms with Crippen LogP contribution in [0, 0.1) is 0 Å². The maximum atomic E-state index is 4.46. The summed E-state index contributed by atoms with van der Waals surface area (Å²) in [6.45, 7) is 4.52. The van der Waals surface area contributed by atoms with E-state index in [0.29, 0.717) is 5.92 Å². The number of nitrogens with one attached hydrogen (secondary N) is 2. The molecular weight excluding hydrogens is 332 g/mol. The molecule has 3 heterocycles. The Morgan fingerprint density at radius 1 is 1.11 bits per heavy atom. The fourth-order valence-corrected chi connectivity index (χ4v) is 4.67. The predicted molar refractivity (Wildman–Crippen MR) is 112 cm³/mol. The molecule has 4 aromatic rings. The lowest BCUT2D eigenvalue weighted by atomic mass is 9.89. The van der Waals surface area contributed by atoms with Gasteiger partial charge < -0.3 is 10.3 Å². The highest BCUT2D eigenvalue weighted by Gasteiger charge is 2.19. The number of rotatable bonds is 3. The molecular formula is C23H26N4. The van der Waals surface area contributed by atoms with Gasteiger partial charge in [0.15, 0.2) is 0 Å². The number of aromatic amines is 1. The number of nitrogens with zero attached hydrogens (tertiary/aromatic N) is 2.